The third kappa shape index (κ3) is 15.0. The van der Waals surface area contributed by atoms with Crippen LogP contribution in [0.4, 0.5) is 4.79 Å². The van der Waals surface area contributed by atoms with Crippen LogP contribution in [-0.4, -0.2) is 47.7 Å². The summed E-state index contributed by atoms with van der Waals surface area (Å²) in [5, 5.41) is 1.96. The van der Waals surface area contributed by atoms with Gasteiger partial charge in [0.1, 0.15) is 0 Å². The maximum atomic E-state index is 10.5. The minimum atomic E-state index is -4.17. The van der Waals surface area contributed by atoms with Gasteiger partial charge in [0.25, 0.3) is 0 Å². The van der Waals surface area contributed by atoms with E-state index in [4.69, 9.17) is 4.55 Å². The molecule has 0 saturated heterocycles. The van der Waals surface area contributed by atoms with Crippen molar-refractivity contribution in [2.45, 2.75) is 13.8 Å². The molecule has 0 rings (SSSR count). The summed E-state index contributed by atoms with van der Waals surface area (Å²) in [6.45, 7) is 2.83. The highest BCUT2D eigenvalue weighted by Crippen LogP contribution is 1.94. The summed E-state index contributed by atoms with van der Waals surface area (Å²) >= 11 is 0. The van der Waals surface area contributed by atoms with E-state index in [0.717, 1.165) is 0 Å². The van der Waals surface area contributed by atoms with Crippen LogP contribution < -0.4 is 5.32 Å². The number of carbonyl (C=O) groups excluding carboxylic acids is 1. The normalized spacial score (nSPS) is 11.1. The average molecular weight is 309 g/mol. The van der Waals surface area contributed by atoms with Gasteiger partial charge in [-0.1, -0.05) is 0 Å². The van der Waals surface area contributed by atoms with Crippen molar-refractivity contribution in [3.05, 3.63) is 0 Å². The Balaban J connectivity index is 0. The predicted octanol–water partition coefficient (Wildman–Crippen LogP) is -0.551. The zero-order chi connectivity index (χ0) is 14.8. The maximum absolute atomic E-state index is 10.5. The van der Waals surface area contributed by atoms with Crippen LogP contribution in [0.25, 0.3) is 0 Å². The van der Waals surface area contributed by atoms with E-state index in [0.29, 0.717) is 0 Å². The quantitative estimate of drug-likeness (QED) is 0.638. The van der Waals surface area contributed by atoms with Gasteiger partial charge in [0, 0.05) is 7.05 Å². The molecule has 0 heterocycles. The molecule has 12 heteroatoms. The van der Waals surface area contributed by atoms with Gasteiger partial charge in [0.05, 0.1) is 13.2 Å². The topological polar surface area (TPSA) is 145 Å². The highest BCUT2D eigenvalue weighted by molar-refractivity contribution is 7.82. The van der Waals surface area contributed by atoms with Crippen LogP contribution in [0.3, 0.4) is 0 Å². The number of hydrogen-bond acceptors (Lipinski definition) is 8. The van der Waals surface area contributed by atoms with Crippen molar-refractivity contribution in [2.75, 3.05) is 20.3 Å². The number of hydrogen-bond donors (Lipinski definition) is 2. The van der Waals surface area contributed by atoms with Gasteiger partial charge in [-0.2, -0.15) is 16.8 Å². The van der Waals surface area contributed by atoms with Gasteiger partial charge in [-0.3, -0.25) is 4.55 Å². The van der Waals surface area contributed by atoms with E-state index in [1.54, 1.807) is 0 Å². The second-order valence-corrected chi connectivity index (χ2v) is 4.58. The second-order valence-electron chi connectivity index (χ2n) is 2.27. The molecule has 0 radical (unpaired) electrons. The smallest absolute Gasteiger partial charge is 0.324 e. The van der Waals surface area contributed by atoms with Crippen molar-refractivity contribution in [1.29, 1.82) is 0 Å². The lowest BCUT2D eigenvalue weighted by atomic mass is 10.9. The van der Waals surface area contributed by atoms with E-state index in [1.807, 2.05) is 5.32 Å². The summed E-state index contributed by atoms with van der Waals surface area (Å²) in [5.74, 6) is 0. The Bertz CT molecular complexity index is 426. The molecule has 0 saturated carbocycles. The fourth-order valence-corrected chi connectivity index (χ4v) is 1.36. The first-order valence-electron chi connectivity index (χ1n) is 4.50. The molecule has 0 bridgehead atoms. The number of nitrogens with one attached hydrogen (secondary N) is 1. The lowest BCUT2D eigenvalue weighted by Gasteiger charge is -2.01. The van der Waals surface area contributed by atoms with Gasteiger partial charge in [-0.05, 0) is 13.8 Å². The van der Waals surface area contributed by atoms with E-state index >= 15 is 0 Å². The van der Waals surface area contributed by atoms with E-state index in [-0.39, 0.29) is 13.2 Å². The molecule has 0 aliphatic rings. The molecular formula is C6H15NO9S2. The van der Waals surface area contributed by atoms with E-state index in [2.05, 4.69) is 12.5 Å². The lowest BCUT2D eigenvalue weighted by Crippen LogP contribution is -2.24. The summed E-state index contributed by atoms with van der Waals surface area (Å²) in [5.41, 5.74) is 0. The van der Waals surface area contributed by atoms with Crippen LogP contribution >= 0.6 is 0 Å². The first kappa shape index (κ1) is 19.4. The van der Waals surface area contributed by atoms with Crippen LogP contribution in [-0.2, 0) is 33.3 Å². The summed E-state index contributed by atoms with van der Waals surface area (Å²) < 4.78 is 59.6. The van der Waals surface area contributed by atoms with Crippen molar-refractivity contribution < 1.29 is 38.7 Å². The standard InChI is InChI=1S/C4H9NO5S.C2H6O4S/c1-3-9-11(7,8)10-4(6)5-2;1-2-6-7(3,4)5/h3H2,1-2H3,(H,5,6);2H2,1H3,(H,3,4,5). The molecule has 0 aliphatic heterocycles. The van der Waals surface area contributed by atoms with Gasteiger partial charge >= 0.3 is 26.9 Å². The molecule has 0 aromatic carbocycles. The Morgan fingerprint density at radius 3 is 1.78 bits per heavy atom. The van der Waals surface area contributed by atoms with Gasteiger partial charge in [0.2, 0.25) is 0 Å². The van der Waals surface area contributed by atoms with Gasteiger partial charge in [-0.15, -0.1) is 0 Å². The Kier molecular flexibility index (Phi) is 9.74. The number of rotatable bonds is 5. The first-order valence-corrected chi connectivity index (χ1v) is 7.20. The minimum absolute atomic E-state index is 0.0289. The lowest BCUT2D eigenvalue weighted by molar-refractivity contribution is 0.189. The van der Waals surface area contributed by atoms with Crippen LogP contribution in [0.5, 0.6) is 0 Å². The summed E-state index contributed by atoms with van der Waals surface area (Å²) in [7, 11) is -7.09. The Hall–Kier alpha value is -0.950. The molecule has 0 fully saturated rings. The Morgan fingerprint density at radius 2 is 1.56 bits per heavy atom. The maximum Gasteiger partial charge on any atom is 0.452 e. The molecule has 2 N–H and O–H groups in total. The van der Waals surface area contributed by atoms with Gasteiger partial charge in [0.15, 0.2) is 0 Å². The third-order valence-corrected chi connectivity index (χ3v) is 2.32. The fraction of sp³-hybridized carbons (Fsp3) is 0.833. The summed E-state index contributed by atoms with van der Waals surface area (Å²) in [4.78, 5) is 10.3. The molecule has 10 nitrogen and oxygen atoms in total. The zero-order valence-corrected chi connectivity index (χ0v) is 11.6. The second kappa shape index (κ2) is 9.04. The van der Waals surface area contributed by atoms with E-state index < -0.39 is 26.9 Å². The van der Waals surface area contributed by atoms with Crippen LogP contribution in [0, 0.1) is 0 Å². The zero-order valence-electron chi connectivity index (χ0n) is 9.94. The molecule has 18 heavy (non-hydrogen) atoms. The van der Waals surface area contributed by atoms with Crippen molar-refractivity contribution in [3.63, 3.8) is 0 Å². The molecule has 0 aromatic rings. The van der Waals surface area contributed by atoms with Crippen molar-refractivity contribution >= 4 is 26.9 Å². The molecule has 110 valence electrons. The minimum Gasteiger partial charge on any atom is -0.324 e. The number of amides is 1. The van der Waals surface area contributed by atoms with Crippen LogP contribution in [0.2, 0.25) is 0 Å². The average Bonchev–Trinajstić information content (AvgIpc) is 2.15. The molecule has 0 spiro atoms. The first-order chi connectivity index (χ1) is 8.08. The Labute approximate surface area is 106 Å². The van der Waals surface area contributed by atoms with Crippen LogP contribution in [0.1, 0.15) is 13.8 Å². The highest BCUT2D eigenvalue weighted by Gasteiger charge is 2.15. The van der Waals surface area contributed by atoms with Crippen molar-refractivity contribution in [3.8, 4) is 0 Å². The summed E-state index contributed by atoms with van der Waals surface area (Å²) in [6.07, 6.45) is -1.07. The molecule has 0 atom stereocenters. The highest BCUT2D eigenvalue weighted by atomic mass is 32.3. The van der Waals surface area contributed by atoms with Crippen LogP contribution in [0.15, 0.2) is 0 Å². The monoisotopic (exact) mass is 309 g/mol. The SMILES string of the molecule is CCOS(=O)(=O)O.CCOS(=O)(=O)OC(=O)NC. The van der Waals surface area contributed by atoms with E-state index in [9.17, 15) is 21.6 Å². The molecule has 0 aliphatic carbocycles. The largest absolute Gasteiger partial charge is 0.452 e. The third-order valence-electron chi connectivity index (χ3n) is 0.911. The molecule has 0 unspecified atom stereocenters. The number of carbonyl (C=O) groups is 1. The summed E-state index contributed by atoms with van der Waals surface area (Å²) in [6, 6.07) is 0. The fourth-order valence-electron chi connectivity index (χ4n) is 0.452. The predicted molar refractivity (Wildman–Crippen MR) is 59.3 cm³/mol. The molecule has 1 amide bonds. The van der Waals surface area contributed by atoms with Crippen molar-refractivity contribution in [1.82, 2.24) is 5.32 Å². The Morgan fingerprint density at radius 1 is 1.11 bits per heavy atom. The van der Waals surface area contributed by atoms with Crippen molar-refractivity contribution in [2.24, 2.45) is 0 Å². The van der Waals surface area contributed by atoms with E-state index in [1.165, 1.54) is 20.9 Å². The van der Waals surface area contributed by atoms with Gasteiger partial charge < -0.3 is 9.50 Å². The van der Waals surface area contributed by atoms with Gasteiger partial charge in [-0.25, -0.2) is 13.2 Å². The molecule has 0 aromatic heterocycles. The molecular weight excluding hydrogens is 294 g/mol.